The molecule has 4 nitrogen and oxygen atoms in total. The largest absolute Gasteiger partial charge is 0.446 e. The standard InChI is InChI=1S/C9H18N2O2/c1-7(2)13-9(12)11(10)6-8-4-3-5-8/h7-8H,3-6,10H2,1-2H3. The molecule has 0 atom stereocenters. The molecule has 0 unspecified atom stereocenters. The van der Waals surface area contributed by atoms with Gasteiger partial charge in [0.25, 0.3) is 0 Å². The summed E-state index contributed by atoms with van der Waals surface area (Å²) >= 11 is 0. The first kappa shape index (κ1) is 10.3. The normalized spacial score (nSPS) is 16.9. The number of amides is 1. The van der Waals surface area contributed by atoms with Gasteiger partial charge in [-0.3, -0.25) is 0 Å². The monoisotopic (exact) mass is 186 g/mol. The Bertz CT molecular complexity index is 178. The van der Waals surface area contributed by atoms with E-state index in [2.05, 4.69) is 0 Å². The zero-order valence-electron chi connectivity index (χ0n) is 8.32. The van der Waals surface area contributed by atoms with Crippen molar-refractivity contribution in [3.63, 3.8) is 0 Å². The van der Waals surface area contributed by atoms with Gasteiger partial charge in [-0.25, -0.2) is 15.6 Å². The Morgan fingerprint density at radius 1 is 1.62 bits per heavy atom. The lowest BCUT2D eigenvalue weighted by Gasteiger charge is -2.29. The Morgan fingerprint density at radius 3 is 2.62 bits per heavy atom. The fourth-order valence-corrected chi connectivity index (χ4v) is 1.30. The van der Waals surface area contributed by atoms with Crippen molar-refractivity contribution < 1.29 is 9.53 Å². The molecule has 1 rings (SSSR count). The van der Waals surface area contributed by atoms with Crippen LogP contribution >= 0.6 is 0 Å². The van der Waals surface area contributed by atoms with Gasteiger partial charge in [-0.1, -0.05) is 6.42 Å². The van der Waals surface area contributed by atoms with Gasteiger partial charge in [0.1, 0.15) is 0 Å². The van der Waals surface area contributed by atoms with Crippen molar-refractivity contribution >= 4 is 6.09 Å². The van der Waals surface area contributed by atoms with Crippen molar-refractivity contribution in [1.29, 1.82) is 0 Å². The van der Waals surface area contributed by atoms with Gasteiger partial charge in [-0.05, 0) is 32.6 Å². The second kappa shape index (κ2) is 4.46. The predicted octanol–water partition coefficient (Wildman–Crippen LogP) is 1.51. The molecule has 2 N–H and O–H groups in total. The molecule has 1 amide bonds. The van der Waals surface area contributed by atoms with E-state index in [4.69, 9.17) is 10.6 Å². The van der Waals surface area contributed by atoms with Crippen molar-refractivity contribution in [2.75, 3.05) is 6.54 Å². The molecule has 0 spiro atoms. The lowest BCUT2D eigenvalue weighted by Crippen LogP contribution is -2.43. The van der Waals surface area contributed by atoms with Crippen LogP contribution in [0.3, 0.4) is 0 Å². The summed E-state index contributed by atoms with van der Waals surface area (Å²) in [5, 5.41) is 1.18. The number of hydrazine groups is 1. The Labute approximate surface area is 79.0 Å². The van der Waals surface area contributed by atoms with E-state index in [1.54, 1.807) is 0 Å². The van der Waals surface area contributed by atoms with Crippen LogP contribution in [0.25, 0.3) is 0 Å². The number of hydrogen-bond acceptors (Lipinski definition) is 3. The average molecular weight is 186 g/mol. The van der Waals surface area contributed by atoms with Gasteiger partial charge in [0.2, 0.25) is 0 Å². The van der Waals surface area contributed by atoms with Crippen LogP contribution in [-0.2, 0) is 4.74 Å². The maximum atomic E-state index is 11.2. The summed E-state index contributed by atoms with van der Waals surface area (Å²) in [7, 11) is 0. The maximum absolute atomic E-state index is 11.2. The number of nitrogens with zero attached hydrogens (tertiary/aromatic N) is 1. The first-order chi connectivity index (χ1) is 6.09. The van der Waals surface area contributed by atoms with E-state index in [9.17, 15) is 4.79 Å². The molecule has 76 valence electrons. The molecule has 1 fully saturated rings. The third kappa shape index (κ3) is 3.22. The number of nitrogens with two attached hydrogens (primary N) is 1. The molecule has 0 aromatic rings. The van der Waals surface area contributed by atoms with E-state index in [0.717, 1.165) is 0 Å². The van der Waals surface area contributed by atoms with Gasteiger partial charge >= 0.3 is 6.09 Å². The van der Waals surface area contributed by atoms with Crippen molar-refractivity contribution in [3.8, 4) is 0 Å². The molecule has 0 heterocycles. The second-order valence-electron chi connectivity index (χ2n) is 3.88. The fourth-order valence-electron chi connectivity index (χ4n) is 1.30. The van der Waals surface area contributed by atoms with E-state index in [-0.39, 0.29) is 6.10 Å². The lowest BCUT2D eigenvalue weighted by atomic mass is 9.85. The SMILES string of the molecule is CC(C)OC(=O)N(N)CC1CCC1. The smallest absolute Gasteiger partial charge is 0.424 e. The van der Waals surface area contributed by atoms with E-state index in [1.807, 2.05) is 13.8 Å². The number of carbonyl (C=O) groups excluding carboxylic acids is 1. The third-order valence-electron chi connectivity index (χ3n) is 2.25. The Kier molecular flexibility index (Phi) is 3.54. The number of hydrogen-bond donors (Lipinski definition) is 1. The van der Waals surface area contributed by atoms with Crippen LogP contribution in [0, 0.1) is 5.92 Å². The molecule has 1 aliphatic carbocycles. The van der Waals surface area contributed by atoms with E-state index in [1.165, 1.54) is 24.3 Å². The molecule has 0 saturated heterocycles. The Hall–Kier alpha value is -0.770. The molecular weight excluding hydrogens is 168 g/mol. The molecule has 0 radical (unpaired) electrons. The summed E-state index contributed by atoms with van der Waals surface area (Å²) in [5.74, 6) is 6.12. The quantitative estimate of drug-likeness (QED) is 0.413. The Morgan fingerprint density at radius 2 is 2.23 bits per heavy atom. The number of ether oxygens (including phenoxy) is 1. The highest BCUT2D eigenvalue weighted by atomic mass is 16.6. The Balaban J connectivity index is 2.20. The fraction of sp³-hybridized carbons (Fsp3) is 0.889. The third-order valence-corrected chi connectivity index (χ3v) is 2.25. The minimum absolute atomic E-state index is 0.0973. The van der Waals surface area contributed by atoms with Crippen LogP contribution in [0.2, 0.25) is 0 Å². The summed E-state index contributed by atoms with van der Waals surface area (Å²) in [5.41, 5.74) is 0. The van der Waals surface area contributed by atoms with Gasteiger partial charge in [0.05, 0.1) is 6.10 Å². The van der Waals surface area contributed by atoms with E-state index >= 15 is 0 Å². The zero-order valence-corrected chi connectivity index (χ0v) is 8.32. The second-order valence-corrected chi connectivity index (χ2v) is 3.88. The minimum atomic E-state index is -0.415. The summed E-state index contributed by atoms with van der Waals surface area (Å²) in [6.07, 6.45) is 3.12. The van der Waals surface area contributed by atoms with Crippen LogP contribution in [-0.4, -0.2) is 23.8 Å². The van der Waals surface area contributed by atoms with Crippen LogP contribution in [0.4, 0.5) is 4.79 Å². The van der Waals surface area contributed by atoms with E-state index in [0.29, 0.717) is 12.5 Å². The predicted molar refractivity (Wildman–Crippen MR) is 49.9 cm³/mol. The van der Waals surface area contributed by atoms with Crippen LogP contribution in [0.15, 0.2) is 0 Å². The molecule has 0 aromatic carbocycles. The average Bonchev–Trinajstić information content (AvgIpc) is 1.94. The minimum Gasteiger partial charge on any atom is -0.446 e. The summed E-state index contributed by atoms with van der Waals surface area (Å²) in [6.45, 7) is 4.26. The van der Waals surface area contributed by atoms with Crippen molar-refractivity contribution in [1.82, 2.24) is 5.01 Å². The van der Waals surface area contributed by atoms with Gasteiger partial charge in [-0.2, -0.15) is 0 Å². The van der Waals surface area contributed by atoms with Gasteiger partial charge in [0, 0.05) is 6.54 Å². The zero-order chi connectivity index (χ0) is 9.84. The summed E-state index contributed by atoms with van der Waals surface area (Å²) in [6, 6.07) is 0. The van der Waals surface area contributed by atoms with Gasteiger partial charge in [-0.15, -0.1) is 0 Å². The van der Waals surface area contributed by atoms with Crippen molar-refractivity contribution in [2.24, 2.45) is 11.8 Å². The van der Waals surface area contributed by atoms with Crippen LogP contribution < -0.4 is 5.84 Å². The van der Waals surface area contributed by atoms with Gasteiger partial charge < -0.3 is 4.74 Å². The van der Waals surface area contributed by atoms with Crippen LogP contribution in [0.5, 0.6) is 0 Å². The molecule has 4 heteroatoms. The number of carbonyl (C=O) groups is 1. The maximum Gasteiger partial charge on any atom is 0.424 e. The van der Waals surface area contributed by atoms with Crippen LogP contribution in [0.1, 0.15) is 33.1 Å². The van der Waals surface area contributed by atoms with Crippen molar-refractivity contribution in [3.05, 3.63) is 0 Å². The molecular formula is C9H18N2O2. The molecule has 0 aromatic heterocycles. The van der Waals surface area contributed by atoms with Gasteiger partial charge in [0.15, 0.2) is 0 Å². The molecule has 13 heavy (non-hydrogen) atoms. The first-order valence-electron chi connectivity index (χ1n) is 4.82. The highest BCUT2D eigenvalue weighted by Crippen LogP contribution is 2.26. The topological polar surface area (TPSA) is 55.6 Å². The first-order valence-corrected chi connectivity index (χ1v) is 4.82. The van der Waals surface area contributed by atoms with Crippen molar-refractivity contribution in [2.45, 2.75) is 39.2 Å². The molecule has 0 bridgehead atoms. The summed E-state index contributed by atoms with van der Waals surface area (Å²) in [4.78, 5) is 11.2. The summed E-state index contributed by atoms with van der Waals surface area (Å²) < 4.78 is 4.94. The van der Waals surface area contributed by atoms with E-state index < -0.39 is 6.09 Å². The lowest BCUT2D eigenvalue weighted by molar-refractivity contribution is 0.0662. The molecule has 0 aliphatic heterocycles. The highest BCUT2D eigenvalue weighted by molar-refractivity contribution is 5.66. The molecule has 1 aliphatic rings. The molecule has 1 saturated carbocycles. The highest BCUT2D eigenvalue weighted by Gasteiger charge is 2.22. The number of rotatable bonds is 3.